The molecule has 2 heterocycles. The molecule has 3 rings (SSSR count). The molecular weight excluding hydrogens is 354 g/mol. The Bertz CT molecular complexity index is 676. The number of thioether (sulfide) groups is 1. The van der Waals surface area contributed by atoms with Crippen molar-refractivity contribution in [2.75, 3.05) is 59.7 Å². The lowest BCUT2D eigenvalue weighted by atomic mass is 10.1. The molecule has 7 nitrogen and oxygen atoms in total. The number of benzene rings is 1. The van der Waals surface area contributed by atoms with E-state index < -0.39 is 0 Å². The first-order valence-electron chi connectivity index (χ1n) is 8.62. The van der Waals surface area contributed by atoms with Gasteiger partial charge in [-0.3, -0.25) is 9.59 Å². The number of likely N-dealkylation sites (N-methyl/N-ethyl adjacent to an activating group) is 1. The van der Waals surface area contributed by atoms with Gasteiger partial charge in [0.1, 0.15) is 23.4 Å². The van der Waals surface area contributed by atoms with Gasteiger partial charge in [-0.25, -0.2) is 0 Å². The summed E-state index contributed by atoms with van der Waals surface area (Å²) in [5.41, 5.74) is 0.855. The van der Waals surface area contributed by atoms with E-state index >= 15 is 0 Å². The standard InChI is InChI=1S/C18H25N3O4S/c1-19-6-8-20(9-7-19)16(22)11-21-17(23)12-26-18(21)14-10-13(24-2)4-5-15(14)25-3/h4-5,10,18H,6-9,11-12H2,1-3H3. The van der Waals surface area contributed by atoms with Gasteiger partial charge in [-0.15, -0.1) is 11.8 Å². The molecule has 8 heteroatoms. The van der Waals surface area contributed by atoms with E-state index in [1.165, 1.54) is 11.8 Å². The molecule has 2 aliphatic heterocycles. The molecule has 1 atom stereocenters. The average Bonchev–Trinajstić information content (AvgIpc) is 3.02. The highest BCUT2D eigenvalue weighted by Crippen LogP contribution is 2.43. The smallest absolute Gasteiger partial charge is 0.242 e. The van der Waals surface area contributed by atoms with Crippen LogP contribution in [0.3, 0.4) is 0 Å². The van der Waals surface area contributed by atoms with E-state index in [4.69, 9.17) is 9.47 Å². The number of amides is 2. The number of carbonyl (C=O) groups excluding carboxylic acids is 2. The first-order chi connectivity index (χ1) is 12.5. The number of rotatable bonds is 5. The zero-order valence-electron chi connectivity index (χ0n) is 15.4. The summed E-state index contributed by atoms with van der Waals surface area (Å²) in [6.45, 7) is 3.24. The monoisotopic (exact) mass is 379 g/mol. The van der Waals surface area contributed by atoms with Gasteiger partial charge in [-0.2, -0.15) is 0 Å². The summed E-state index contributed by atoms with van der Waals surface area (Å²) >= 11 is 1.51. The maximum atomic E-state index is 12.7. The van der Waals surface area contributed by atoms with Crippen LogP contribution in [0.5, 0.6) is 11.5 Å². The molecule has 0 radical (unpaired) electrons. The Hall–Kier alpha value is -1.93. The molecule has 0 aromatic heterocycles. The van der Waals surface area contributed by atoms with Gasteiger partial charge in [0.15, 0.2) is 0 Å². The van der Waals surface area contributed by atoms with Gasteiger partial charge in [0, 0.05) is 31.7 Å². The molecule has 1 unspecified atom stereocenters. The molecule has 0 saturated carbocycles. The topological polar surface area (TPSA) is 62.3 Å². The summed E-state index contributed by atoms with van der Waals surface area (Å²) in [6, 6.07) is 5.53. The van der Waals surface area contributed by atoms with Crippen LogP contribution in [0.4, 0.5) is 0 Å². The molecule has 2 aliphatic rings. The van der Waals surface area contributed by atoms with E-state index in [0.717, 1.165) is 18.7 Å². The number of piperazine rings is 1. The molecule has 2 saturated heterocycles. The highest BCUT2D eigenvalue weighted by molar-refractivity contribution is 8.00. The van der Waals surface area contributed by atoms with Gasteiger partial charge >= 0.3 is 0 Å². The zero-order chi connectivity index (χ0) is 18.7. The number of hydrogen-bond acceptors (Lipinski definition) is 6. The molecule has 142 valence electrons. The van der Waals surface area contributed by atoms with E-state index in [1.807, 2.05) is 30.1 Å². The number of carbonyl (C=O) groups is 2. The minimum absolute atomic E-state index is 0.000753. The number of ether oxygens (including phenoxy) is 2. The fraction of sp³-hybridized carbons (Fsp3) is 0.556. The third-order valence-electron chi connectivity index (χ3n) is 4.83. The molecule has 2 amide bonds. The van der Waals surface area contributed by atoms with Gasteiger partial charge in [0.05, 0.1) is 20.0 Å². The summed E-state index contributed by atoms with van der Waals surface area (Å²) in [5, 5.41) is -0.246. The second-order valence-corrected chi connectivity index (χ2v) is 7.55. The van der Waals surface area contributed by atoms with Crippen molar-refractivity contribution in [1.82, 2.24) is 14.7 Å². The number of nitrogens with zero attached hydrogens (tertiary/aromatic N) is 3. The first kappa shape index (κ1) is 18.8. The Labute approximate surface area is 158 Å². The molecule has 0 aliphatic carbocycles. The Morgan fingerprint density at radius 3 is 2.58 bits per heavy atom. The minimum atomic E-state index is -0.246. The second-order valence-electron chi connectivity index (χ2n) is 6.48. The highest BCUT2D eigenvalue weighted by atomic mass is 32.2. The molecule has 0 N–H and O–H groups in total. The number of hydrogen-bond donors (Lipinski definition) is 0. The molecule has 1 aromatic carbocycles. The maximum absolute atomic E-state index is 12.7. The van der Waals surface area contributed by atoms with Crippen molar-refractivity contribution in [3.05, 3.63) is 23.8 Å². The van der Waals surface area contributed by atoms with Crippen LogP contribution in [-0.4, -0.2) is 86.3 Å². The van der Waals surface area contributed by atoms with E-state index in [1.54, 1.807) is 19.1 Å². The Morgan fingerprint density at radius 2 is 1.92 bits per heavy atom. The van der Waals surface area contributed by atoms with Crippen LogP contribution in [0.25, 0.3) is 0 Å². The van der Waals surface area contributed by atoms with Gasteiger partial charge in [-0.05, 0) is 25.2 Å². The average molecular weight is 379 g/mol. The van der Waals surface area contributed by atoms with Crippen molar-refractivity contribution in [3.8, 4) is 11.5 Å². The summed E-state index contributed by atoms with van der Waals surface area (Å²) < 4.78 is 10.8. The van der Waals surface area contributed by atoms with Crippen LogP contribution in [-0.2, 0) is 9.59 Å². The molecule has 2 fully saturated rings. The largest absolute Gasteiger partial charge is 0.497 e. The Morgan fingerprint density at radius 1 is 1.19 bits per heavy atom. The summed E-state index contributed by atoms with van der Waals surface area (Å²) in [6.07, 6.45) is 0. The van der Waals surface area contributed by atoms with Crippen LogP contribution in [0.2, 0.25) is 0 Å². The fourth-order valence-corrected chi connectivity index (χ4v) is 4.42. The van der Waals surface area contributed by atoms with E-state index in [-0.39, 0.29) is 23.7 Å². The third-order valence-corrected chi connectivity index (χ3v) is 6.07. The lowest BCUT2D eigenvalue weighted by Gasteiger charge is -2.34. The fourth-order valence-electron chi connectivity index (χ4n) is 3.22. The maximum Gasteiger partial charge on any atom is 0.242 e. The minimum Gasteiger partial charge on any atom is -0.497 e. The normalized spacial score (nSPS) is 21.2. The summed E-state index contributed by atoms with van der Waals surface area (Å²) in [4.78, 5) is 30.8. The molecule has 1 aromatic rings. The summed E-state index contributed by atoms with van der Waals surface area (Å²) in [7, 11) is 5.26. The molecule has 0 bridgehead atoms. The number of methoxy groups -OCH3 is 2. The predicted molar refractivity (Wildman–Crippen MR) is 101 cm³/mol. The van der Waals surface area contributed by atoms with E-state index in [9.17, 15) is 9.59 Å². The Kier molecular flexibility index (Phi) is 5.93. The van der Waals surface area contributed by atoms with Crippen LogP contribution in [0, 0.1) is 0 Å². The van der Waals surface area contributed by atoms with Crippen molar-refractivity contribution in [2.45, 2.75) is 5.37 Å². The second kappa shape index (κ2) is 8.18. The van der Waals surface area contributed by atoms with Crippen molar-refractivity contribution < 1.29 is 19.1 Å². The van der Waals surface area contributed by atoms with Crippen LogP contribution < -0.4 is 9.47 Å². The summed E-state index contributed by atoms with van der Waals surface area (Å²) in [5.74, 6) is 1.73. The van der Waals surface area contributed by atoms with Crippen molar-refractivity contribution in [1.29, 1.82) is 0 Å². The van der Waals surface area contributed by atoms with E-state index in [2.05, 4.69) is 4.90 Å². The van der Waals surface area contributed by atoms with Crippen LogP contribution >= 0.6 is 11.8 Å². The van der Waals surface area contributed by atoms with Crippen LogP contribution in [0.1, 0.15) is 10.9 Å². The quantitative estimate of drug-likeness (QED) is 0.762. The van der Waals surface area contributed by atoms with Gasteiger partial charge in [0.2, 0.25) is 11.8 Å². The molecular formula is C18H25N3O4S. The van der Waals surface area contributed by atoms with Crippen molar-refractivity contribution in [2.24, 2.45) is 0 Å². The lowest BCUT2D eigenvalue weighted by molar-refractivity contribution is -0.140. The molecule has 0 spiro atoms. The van der Waals surface area contributed by atoms with Gasteiger partial charge in [0.25, 0.3) is 0 Å². The predicted octanol–water partition coefficient (Wildman–Crippen LogP) is 1.05. The van der Waals surface area contributed by atoms with Gasteiger partial charge in [-0.1, -0.05) is 0 Å². The van der Waals surface area contributed by atoms with Crippen molar-refractivity contribution in [3.63, 3.8) is 0 Å². The van der Waals surface area contributed by atoms with Crippen molar-refractivity contribution >= 4 is 23.6 Å². The van der Waals surface area contributed by atoms with Crippen LogP contribution in [0.15, 0.2) is 18.2 Å². The zero-order valence-corrected chi connectivity index (χ0v) is 16.3. The lowest BCUT2D eigenvalue weighted by Crippen LogP contribution is -2.50. The third kappa shape index (κ3) is 3.91. The highest BCUT2D eigenvalue weighted by Gasteiger charge is 2.37. The SMILES string of the molecule is COc1ccc(OC)c(C2SCC(=O)N2CC(=O)N2CCN(C)CC2)c1. The van der Waals surface area contributed by atoms with Gasteiger partial charge < -0.3 is 24.2 Å². The van der Waals surface area contributed by atoms with E-state index in [0.29, 0.717) is 30.3 Å². The first-order valence-corrected chi connectivity index (χ1v) is 9.67. The Balaban J connectivity index is 1.78. The molecule has 26 heavy (non-hydrogen) atoms.